The minimum Gasteiger partial charge on any atom is -0.378 e. The van der Waals surface area contributed by atoms with E-state index in [-0.39, 0.29) is 5.60 Å². The normalized spacial score (nSPS) is 18.9. The van der Waals surface area contributed by atoms with Crippen LogP contribution in [0, 0.1) is 6.92 Å². The van der Waals surface area contributed by atoms with Gasteiger partial charge in [0.2, 0.25) is 0 Å². The third-order valence-corrected chi connectivity index (χ3v) is 4.48. The largest absolute Gasteiger partial charge is 0.378 e. The Morgan fingerprint density at radius 2 is 2.05 bits per heavy atom. The minimum atomic E-state index is 0.119. The number of hydrogen-bond donors (Lipinski definition) is 1. The SMILES string of the molecule is CCCNC(CC1(OC)CCC1)c1ccccc1C. The lowest BCUT2D eigenvalue weighted by atomic mass is 9.74. The zero-order valence-electron chi connectivity index (χ0n) is 12.5. The number of rotatable bonds is 7. The summed E-state index contributed by atoms with van der Waals surface area (Å²) in [6.07, 6.45) is 5.98. The zero-order valence-corrected chi connectivity index (χ0v) is 12.5. The number of aryl methyl sites for hydroxylation is 1. The first kappa shape index (κ1) is 14.5. The Bertz CT molecular complexity index is 392. The summed E-state index contributed by atoms with van der Waals surface area (Å²) >= 11 is 0. The van der Waals surface area contributed by atoms with Crippen molar-refractivity contribution in [3.63, 3.8) is 0 Å². The third kappa shape index (κ3) is 3.37. The molecule has 1 aromatic carbocycles. The first-order valence-electron chi connectivity index (χ1n) is 7.55. The van der Waals surface area contributed by atoms with Crippen molar-refractivity contribution in [1.29, 1.82) is 0 Å². The van der Waals surface area contributed by atoms with E-state index in [1.165, 1.54) is 36.8 Å². The molecule has 2 heteroatoms. The first-order chi connectivity index (χ1) is 9.21. The summed E-state index contributed by atoms with van der Waals surface area (Å²) in [5.74, 6) is 0. The second kappa shape index (κ2) is 6.53. The van der Waals surface area contributed by atoms with E-state index in [4.69, 9.17) is 4.74 Å². The summed E-state index contributed by atoms with van der Waals surface area (Å²) in [7, 11) is 1.87. The number of benzene rings is 1. The van der Waals surface area contributed by atoms with Gasteiger partial charge in [-0.1, -0.05) is 31.2 Å². The van der Waals surface area contributed by atoms with Crippen molar-refractivity contribution in [2.75, 3.05) is 13.7 Å². The molecule has 1 aromatic rings. The molecule has 0 spiro atoms. The maximum atomic E-state index is 5.81. The van der Waals surface area contributed by atoms with E-state index >= 15 is 0 Å². The summed E-state index contributed by atoms with van der Waals surface area (Å²) in [5, 5.41) is 3.70. The summed E-state index contributed by atoms with van der Waals surface area (Å²) in [6.45, 7) is 5.49. The molecule has 0 aliphatic heterocycles. The fourth-order valence-electron chi connectivity index (χ4n) is 3.02. The summed E-state index contributed by atoms with van der Waals surface area (Å²) in [4.78, 5) is 0. The Kier molecular flexibility index (Phi) is 5.00. The van der Waals surface area contributed by atoms with Gasteiger partial charge in [0, 0.05) is 13.2 Å². The van der Waals surface area contributed by atoms with Gasteiger partial charge in [0.05, 0.1) is 5.60 Å². The molecule has 106 valence electrons. The molecule has 0 bridgehead atoms. The van der Waals surface area contributed by atoms with E-state index in [9.17, 15) is 0 Å². The van der Waals surface area contributed by atoms with E-state index < -0.39 is 0 Å². The molecule has 1 fully saturated rings. The molecule has 0 amide bonds. The summed E-state index contributed by atoms with van der Waals surface area (Å²) in [6, 6.07) is 9.14. The van der Waals surface area contributed by atoms with Gasteiger partial charge in [-0.05, 0) is 56.7 Å². The zero-order chi connectivity index (χ0) is 13.7. The Labute approximate surface area is 117 Å². The van der Waals surface area contributed by atoms with Crippen LogP contribution >= 0.6 is 0 Å². The van der Waals surface area contributed by atoms with E-state index in [0.29, 0.717) is 6.04 Å². The topological polar surface area (TPSA) is 21.3 Å². The van der Waals surface area contributed by atoms with Crippen molar-refractivity contribution in [1.82, 2.24) is 5.32 Å². The minimum absolute atomic E-state index is 0.119. The molecule has 0 radical (unpaired) electrons. The van der Waals surface area contributed by atoms with Crippen LogP contribution < -0.4 is 5.32 Å². The van der Waals surface area contributed by atoms with Gasteiger partial charge >= 0.3 is 0 Å². The molecule has 1 unspecified atom stereocenters. The third-order valence-electron chi connectivity index (χ3n) is 4.48. The lowest BCUT2D eigenvalue weighted by molar-refractivity contribution is -0.0838. The van der Waals surface area contributed by atoms with Gasteiger partial charge in [0.15, 0.2) is 0 Å². The number of nitrogens with one attached hydrogen (secondary N) is 1. The number of ether oxygens (including phenoxy) is 1. The van der Waals surface area contributed by atoms with Crippen LogP contribution in [0.1, 0.15) is 56.2 Å². The molecule has 1 saturated carbocycles. The highest BCUT2D eigenvalue weighted by Crippen LogP contribution is 2.42. The molecule has 1 atom stereocenters. The van der Waals surface area contributed by atoms with Crippen LogP contribution in [0.5, 0.6) is 0 Å². The van der Waals surface area contributed by atoms with Gasteiger partial charge in [-0.15, -0.1) is 0 Å². The number of methoxy groups -OCH3 is 1. The van der Waals surface area contributed by atoms with Crippen LogP contribution in [0.15, 0.2) is 24.3 Å². The quantitative estimate of drug-likeness (QED) is 0.801. The van der Waals surface area contributed by atoms with Crippen LogP contribution in [0.3, 0.4) is 0 Å². The van der Waals surface area contributed by atoms with Crippen LogP contribution in [-0.4, -0.2) is 19.3 Å². The standard InChI is InChI=1S/C17H27NO/c1-4-12-18-16(13-17(19-3)10-7-11-17)15-9-6-5-8-14(15)2/h5-6,8-9,16,18H,4,7,10-13H2,1-3H3. The second-order valence-corrected chi connectivity index (χ2v) is 5.81. The van der Waals surface area contributed by atoms with Crippen molar-refractivity contribution >= 4 is 0 Å². The predicted octanol–water partition coefficient (Wildman–Crippen LogP) is 3.99. The Balaban J connectivity index is 2.13. The lowest BCUT2D eigenvalue weighted by Crippen LogP contribution is -2.43. The molecule has 0 aromatic heterocycles. The van der Waals surface area contributed by atoms with Gasteiger partial charge < -0.3 is 10.1 Å². The molecule has 2 rings (SSSR count). The van der Waals surface area contributed by atoms with Crippen LogP contribution in [0.2, 0.25) is 0 Å². The molecular weight excluding hydrogens is 234 g/mol. The van der Waals surface area contributed by atoms with Crippen LogP contribution in [0.25, 0.3) is 0 Å². The molecule has 0 heterocycles. The Hall–Kier alpha value is -0.860. The summed E-state index contributed by atoms with van der Waals surface area (Å²) < 4.78 is 5.81. The van der Waals surface area contributed by atoms with E-state index in [1.54, 1.807) is 0 Å². The van der Waals surface area contributed by atoms with Gasteiger partial charge in [0.25, 0.3) is 0 Å². The highest BCUT2D eigenvalue weighted by Gasteiger charge is 2.39. The predicted molar refractivity (Wildman–Crippen MR) is 80.4 cm³/mol. The van der Waals surface area contributed by atoms with E-state index in [1.807, 2.05) is 7.11 Å². The average molecular weight is 261 g/mol. The molecule has 1 aliphatic rings. The molecule has 1 aliphatic carbocycles. The second-order valence-electron chi connectivity index (χ2n) is 5.81. The Morgan fingerprint density at radius 1 is 1.32 bits per heavy atom. The van der Waals surface area contributed by atoms with Gasteiger partial charge in [-0.2, -0.15) is 0 Å². The molecule has 2 nitrogen and oxygen atoms in total. The van der Waals surface area contributed by atoms with Crippen LogP contribution in [0.4, 0.5) is 0 Å². The maximum Gasteiger partial charge on any atom is 0.0697 e. The van der Waals surface area contributed by atoms with Crippen molar-refractivity contribution in [2.45, 2.75) is 57.6 Å². The molecule has 1 N–H and O–H groups in total. The highest BCUT2D eigenvalue weighted by atomic mass is 16.5. The van der Waals surface area contributed by atoms with E-state index in [2.05, 4.69) is 43.4 Å². The van der Waals surface area contributed by atoms with Gasteiger partial charge in [0.1, 0.15) is 0 Å². The molecule has 0 saturated heterocycles. The highest BCUT2D eigenvalue weighted by molar-refractivity contribution is 5.29. The van der Waals surface area contributed by atoms with Crippen molar-refractivity contribution in [3.05, 3.63) is 35.4 Å². The first-order valence-corrected chi connectivity index (χ1v) is 7.55. The van der Waals surface area contributed by atoms with Crippen LogP contribution in [-0.2, 0) is 4.74 Å². The average Bonchev–Trinajstić information content (AvgIpc) is 2.38. The fraction of sp³-hybridized carbons (Fsp3) is 0.647. The van der Waals surface area contributed by atoms with Gasteiger partial charge in [-0.3, -0.25) is 0 Å². The lowest BCUT2D eigenvalue weighted by Gasteiger charge is -2.43. The van der Waals surface area contributed by atoms with Crippen molar-refractivity contribution in [2.24, 2.45) is 0 Å². The Morgan fingerprint density at radius 3 is 2.58 bits per heavy atom. The van der Waals surface area contributed by atoms with Gasteiger partial charge in [-0.25, -0.2) is 0 Å². The fourth-order valence-corrected chi connectivity index (χ4v) is 3.02. The smallest absolute Gasteiger partial charge is 0.0697 e. The maximum absolute atomic E-state index is 5.81. The monoisotopic (exact) mass is 261 g/mol. The molecular formula is C17H27NO. The molecule has 19 heavy (non-hydrogen) atoms. The van der Waals surface area contributed by atoms with E-state index in [0.717, 1.165) is 13.0 Å². The van der Waals surface area contributed by atoms with Crippen molar-refractivity contribution < 1.29 is 4.74 Å². The van der Waals surface area contributed by atoms with Crippen molar-refractivity contribution in [3.8, 4) is 0 Å². The number of hydrogen-bond acceptors (Lipinski definition) is 2. The summed E-state index contributed by atoms with van der Waals surface area (Å²) in [5.41, 5.74) is 2.93.